The summed E-state index contributed by atoms with van der Waals surface area (Å²) in [6.45, 7) is -0.129. The summed E-state index contributed by atoms with van der Waals surface area (Å²) in [5.41, 5.74) is 7.03. The third-order valence-corrected chi connectivity index (χ3v) is 5.33. The Hall–Kier alpha value is -2.99. The lowest BCUT2D eigenvalue weighted by Gasteiger charge is -2.15. The molecule has 168 valence electrons. The van der Waals surface area contributed by atoms with Gasteiger partial charge in [-0.05, 0) is 22.7 Å². The molecule has 1 saturated heterocycles. The molecule has 1 aliphatic rings. The first-order chi connectivity index (χ1) is 15.5. The highest BCUT2D eigenvalue weighted by Crippen LogP contribution is 2.21. The van der Waals surface area contributed by atoms with Crippen molar-refractivity contribution >= 4 is 38.9 Å². The molecule has 2 aromatic heterocycles. The van der Waals surface area contributed by atoms with E-state index < -0.39 is 35.8 Å². The van der Waals surface area contributed by atoms with E-state index >= 15 is 0 Å². The van der Waals surface area contributed by atoms with Gasteiger partial charge in [0.05, 0.1) is 12.2 Å². The fraction of sp³-hybridized carbons (Fsp3) is 0.286. The number of carbonyl (C=O) groups excluding carboxylic acids is 1. The number of hydrogen-bond donors (Lipinski definition) is 3. The third-order valence-electron chi connectivity index (χ3n) is 5.06. The number of rotatable bonds is 7. The molecule has 0 radical (unpaired) electrons. The van der Waals surface area contributed by atoms with E-state index in [1.54, 1.807) is 0 Å². The van der Waals surface area contributed by atoms with E-state index in [9.17, 15) is 14.4 Å². The smallest absolute Gasteiger partial charge is 0.330 e. The van der Waals surface area contributed by atoms with Gasteiger partial charge in [-0.25, -0.2) is 4.79 Å². The lowest BCUT2D eigenvalue weighted by molar-refractivity contribution is -0.160. The minimum Gasteiger partial charge on any atom is -0.459 e. The van der Waals surface area contributed by atoms with Crippen molar-refractivity contribution in [3.8, 4) is 0 Å². The van der Waals surface area contributed by atoms with Crippen molar-refractivity contribution in [3.63, 3.8) is 0 Å². The summed E-state index contributed by atoms with van der Waals surface area (Å²) < 4.78 is 17.6. The van der Waals surface area contributed by atoms with Crippen LogP contribution < -0.4 is 17.0 Å². The maximum Gasteiger partial charge on any atom is 0.330 e. The average molecular weight is 505 g/mol. The van der Waals surface area contributed by atoms with E-state index in [2.05, 4.69) is 25.9 Å². The first kappa shape index (κ1) is 22.2. The van der Waals surface area contributed by atoms with Gasteiger partial charge in [0.2, 0.25) is 0 Å². The Kier molecular flexibility index (Phi) is 6.70. The Labute approximate surface area is 190 Å². The largest absolute Gasteiger partial charge is 0.459 e. The molecule has 0 saturated carbocycles. The molecule has 4 rings (SSSR count). The number of para-hydroxylation sites is 1. The maximum absolute atomic E-state index is 12.3. The van der Waals surface area contributed by atoms with Crippen molar-refractivity contribution in [1.82, 2.24) is 14.5 Å². The van der Waals surface area contributed by atoms with E-state index in [1.165, 1.54) is 21.8 Å². The number of hydrogen-bond acceptors (Lipinski definition) is 7. The van der Waals surface area contributed by atoms with Crippen molar-refractivity contribution in [3.05, 3.63) is 73.6 Å². The normalized spacial score (nSPS) is 19.6. The maximum atomic E-state index is 12.3. The number of aromatic nitrogens is 3. The topological polar surface area (TPSA) is 141 Å². The number of ether oxygens (including phenoxy) is 3. The molecule has 3 atom stereocenters. The second-order valence-corrected chi connectivity index (χ2v) is 7.73. The highest BCUT2D eigenvalue weighted by atomic mass is 79.9. The summed E-state index contributed by atoms with van der Waals surface area (Å²) in [5.74, 6) is -0.586. The molecule has 0 unspecified atom stereocenters. The van der Waals surface area contributed by atoms with E-state index in [0.29, 0.717) is 6.42 Å². The zero-order valence-corrected chi connectivity index (χ0v) is 18.4. The number of esters is 1. The second-order valence-electron chi connectivity index (χ2n) is 7.20. The van der Waals surface area contributed by atoms with E-state index in [-0.39, 0.29) is 18.8 Å². The van der Waals surface area contributed by atoms with Crippen molar-refractivity contribution in [2.75, 3.05) is 13.2 Å². The van der Waals surface area contributed by atoms with Crippen LogP contribution >= 0.6 is 15.9 Å². The second kappa shape index (κ2) is 9.65. The van der Waals surface area contributed by atoms with Crippen molar-refractivity contribution in [2.24, 2.45) is 5.73 Å². The number of aromatic amines is 2. The fourth-order valence-corrected chi connectivity index (χ4v) is 3.74. The summed E-state index contributed by atoms with van der Waals surface area (Å²) in [5, 5.41) is 1.00. The quantitative estimate of drug-likeness (QED) is 0.412. The minimum atomic E-state index is -0.863. The molecule has 3 aromatic rings. The highest BCUT2D eigenvalue weighted by molar-refractivity contribution is 9.11. The molecule has 0 amide bonds. The Morgan fingerprint density at radius 2 is 2.19 bits per heavy atom. The Morgan fingerprint density at radius 1 is 1.38 bits per heavy atom. The summed E-state index contributed by atoms with van der Waals surface area (Å²) in [6, 6.07) is 6.89. The van der Waals surface area contributed by atoms with Crippen LogP contribution in [0.5, 0.6) is 0 Å². The van der Waals surface area contributed by atoms with Gasteiger partial charge >= 0.3 is 11.7 Å². The molecule has 3 heterocycles. The van der Waals surface area contributed by atoms with Gasteiger partial charge in [0.1, 0.15) is 12.6 Å². The molecular formula is C21H21BrN4O6. The van der Waals surface area contributed by atoms with Crippen LogP contribution in [-0.4, -0.2) is 46.0 Å². The number of fused-ring (bicyclic) bond motifs is 1. The summed E-state index contributed by atoms with van der Waals surface area (Å²) in [6.07, 6.45) is 3.38. The Morgan fingerprint density at radius 3 is 3.00 bits per heavy atom. The third kappa shape index (κ3) is 4.75. The van der Waals surface area contributed by atoms with Gasteiger partial charge in [-0.1, -0.05) is 34.1 Å². The zero-order valence-electron chi connectivity index (χ0n) is 16.8. The predicted molar refractivity (Wildman–Crippen MR) is 120 cm³/mol. The molecule has 0 spiro atoms. The van der Waals surface area contributed by atoms with Crippen LogP contribution in [0.15, 0.2) is 51.2 Å². The number of H-pyrrole nitrogens is 2. The van der Waals surface area contributed by atoms with Crippen LogP contribution in [0, 0.1) is 0 Å². The molecule has 1 aromatic carbocycles. The average Bonchev–Trinajstić information content (AvgIpc) is 3.41. The SMILES string of the molecule is N[C@@H](Cc1c[nH]c2ccccc12)C(=O)OC[C@H]1OC[C@@H](n2cc(/C=C/Br)c(=O)[nH]c2=O)O1. The van der Waals surface area contributed by atoms with Crippen LogP contribution in [0.2, 0.25) is 0 Å². The van der Waals surface area contributed by atoms with Crippen molar-refractivity contribution < 1.29 is 19.0 Å². The molecule has 10 nitrogen and oxygen atoms in total. The molecule has 32 heavy (non-hydrogen) atoms. The van der Waals surface area contributed by atoms with Gasteiger partial charge in [0.15, 0.2) is 12.5 Å². The zero-order chi connectivity index (χ0) is 22.7. The van der Waals surface area contributed by atoms with Gasteiger partial charge in [0.25, 0.3) is 5.56 Å². The number of nitrogens with zero attached hydrogens (tertiary/aromatic N) is 1. The molecular weight excluding hydrogens is 484 g/mol. The van der Waals surface area contributed by atoms with Gasteiger partial charge < -0.3 is 24.9 Å². The summed E-state index contributed by atoms with van der Waals surface area (Å²) in [4.78, 5) is 43.1. The van der Waals surface area contributed by atoms with E-state index in [0.717, 1.165) is 16.5 Å². The lowest BCUT2D eigenvalue weighted by Crippen LogP contribution is -2.36. The Balaban J connectivity index is 1.33. The van der Waals surface area contributed by atoms with E-state index in [4.69, 9.17) is 19.9 Å². The molecule has 11 heteroatoms. The van der Waals surface area contributed by atoms with Crippen LogP contribution in [-0.2, 0) is 25.4 Å². The molecule has 1 aliphatic heterocycles. The van der Waals surface area contributed by atoms with Gasteiger partial charge in [-0.3, -0.25) is 19.1 Å². The van der Waals surface area contributed by atoms with Gasteiger partial charge in [-0.2, -0.15) is 0 Å². The lowest BCUT2D eigenvalue weighted by atomic mass is 10.1. The molecule has 0 bridgehead atoms. The highest BCUT2D eigenvalue weighted by Gasteiger charge is 2.30. The first-order valence-corrected chi connectivity index (χ1v) is 10.7. The van der Waals surface area contributed by atoms with Crippen LogP contribution in [0.3, 0.4) is 0 Å². The molecule has 4 N–H and O–H groups in total. The summed E-state index contributed by atoms with van der Waals surface area (Å²) in [7, 11) is 0. The first-order valence-electron chi connectivity index (χ1n) is 9.82. The standard InChI is InChI=1S/C21H21BrN4O6/c22-6-5-12-9-26(21(29)25-19(12)27)17-10-30-18(32-17)11-31-20(28)15(23)7-13-8-24-16-4-2-1-3-14(13)16/h1-6,8-9,15,17-18,24H,7,10-11,23H2,(H,25,27,29)/b6-5+/t15-,17-,18-/m0/s1. The number of nitrogens with two attached hydrogens (primary N) is 1. The molecule has 1 fully saturated rings. The van der Waals surface area contributed by atoms with Crippen LogP contribution in [0.1, 0.15) is 17.4 Å². The minimum absolute atomic E-state index is 0.0486. The predicted octanol–water partition coefficient (Wildman–Crippen LogP) is 1.37. The number of halogens is 1. The number of nitrogens with one attached hydrogen (secondary N) is 2. The monoisotopic (exact) mass is 504 g/mol. The number of benzene rings is 1. The fourth-order valence-electron chi connectivity index (χ4n) is 3.46. The van der Waals surface area contributed by atoms with Crippen molar-refractivity contribution in [1.29, 1.82) is 0 Å². The molecule has 0 aliphatic carbocycles. The van der Waals surface area contributed by atoms with Gasteiger partial charge in [0, 0.05) is 29.7 Å². The summed E-state index contributed by atoms with van der Waals surface area (Å²) >= 11 is 3.10. The van der Waals surface area contributed by atoms with E-state index in [1.807, 2.05) is 30.5 Å². The van der Waals surface area contributed by atoms with Gasteiger partial charge in [-0.15, -0.1) is 0 Å². The van der Waals surface area contributed by atoms with Crippen LogP contribution in [0.4, 0.5) is 0 Å². The van der Waals surface area contributed by atoms with Crippen molar-refractivity contribution in [2.45, 2.75) is 25.0 Å². The number of carbonyl (C=O) groups is 1. The Bertz CT molecular complexity index is 1260. The van der Waals surface area contributed by atoms with Crippen LogP contribution in [0.25, 0.3) is 17.0 Å².